The Labute approximate surface area is 103 Å². The quantitative estimate of drug-likeness (QED) is 0.645. The number of pyridine rings is 1. The Balaban J connectivity index is 2.22. The Morgan fingerprint density at radius 3 is 2.78 bits per heavy atom. The van der Waals surface area contributed by atoms with Crippen LogP contribution >= 0.6 is 0 Å². The van der Waals surface area contributed by atoms with Crippen LogP contribution in [0.5, 0.6) is 0 Å². The molecule has 3 aromatic rings. The van der Waals surface area contributed by atoms with E-state index in [1.54, 1.807) is 40.9 Å². The molecule has 0 aliphatic carbocycles. The number of carbonyl (C=O) groups excluding carboxylic acids is 1. The Kier molecular flexibility index (Phi) is 2.41. The Morgan fingerprint density at radius 1 is 1.17 bits per heavy atom. The van der Waals surface area contributed by atoms with Crippen LogP contribution in [-0.2, 0) is 0 Å². The van der Waals surface area contributed by atoms with E-state index in [1.165, 1.54) is 12.1 Å². The lowest BCUT2D eigenvalue weighted by molar-refractivity contribution is 0.111. The van der Waals surface area contributed by atoms with E-state index in [1.807, 2.05) is 0 Å². The molecule has 0 aliphatic heterocycles. The molecule has 0 atom stereocenters. The predicted molar refractivity (Wildman–Crippen MR) is 66.0 cm³/mol. The number of carbonyl (C=O) groups is 1. The van der Waals surface area contributed by atoms with E-state index in [0.717, 1.165) is 6.29 Å². The van der Waals surface area contributed by atoms with Crippen LogP contribution in [0.3, 0.4) is 0 Å². The number of fused-ring (bicyclic) bond motifs is 1. The van der Waals surface area contributed by atoms with E-state index in [4.69, 9.17) is 0 Å². The minimum absolute atomic E-state index is 0.305. The van der Waals surface area contributed by atoms with Gasteiger partial charge in [-0.1, -0.05) is 18.2 Å². The van der Waals surface area contributed by atoms with Crippen LogP contribution < -0.4 is 0 Å². The third kappa shape index (κ3) is 1.68. The summed E-state index contributed by atoms with van der Waals surface area (Å²) >= 11 is 0. The summed E-state index contributed by atoms with van der Waals surface area (Å²) in [6.45, 7) is 0. The molecule has 0 aliphatic rings. The number of aldehydes is 1. The van der Waals surface area contributed by atoms with E-state index in [2.05, 4.69) is 4.98 Å². The number of hydrogen-bond acceptors (Lipinski definition) is 2. The summed E-state index contributed by atoms with van der Waals surface area (Å²) in [5.74, 6) is -0.305. The van der Waals surface area contributed by atoms with Gasteiger partial charge in [0.2, 0.25) is 0 Å². The van der Waals surface area contributed by atoms with E-state index in [-0.39, 0.29) is 5.82 Å². The average Bonchev–Trinajstić information content (AvgIpc) is 2.82. The molecule has 0 spiro atoms. The van der Waals surface area contributed by atoms with Crippen molar-refractivity contribution in [2.75, 3.05) is 0 Å². The van der Waals surface area contributed by atoms with Crippen LogP contribution in [-0.4, -0.2) is 15.7 Å². The molecular formula is C14H9FN2O. The molecule has 2 heterocycles. The second-order valence-electron chi connectivity index (χ2n) is 3.93. The van der Waals surface area contributed by atoms with Crippen molar-refractivity contribution in [3.8, 4) is 11.3 Å². The topological polar surface area (TPSA) is 34.4 Å². The van der Waals surface area contributed by atoms with Crippen LogP contribution in [0.1, 0.15) is 10.5 Å². The smallest absolute Gasteiger partial charge is 0.166 e. The van der Waals surface area contributed by atoms with Gasteiger partial charge in [0, 0.05) is 11.8 Å². The third-order valence-electron chi connectivity index (χ3n) is 2.76. The molecule has 0 amide bonds. The summed E-state index contributed by atoms with van der Waals surface area (Å²) < 4.78 is 14.9. The fourth-order valence-electron chi connectivity index (χ4n) is 1.91. The van der Waals surface area contributed by atoms with Crippen molar-refractivity contribution in [2.24, 2.45) is 0 Å². The highest BCUT2D eigenvalue weighted by molar-refractivity contribution is 5.75. The molecule has 4 heteroatoms. The van der Waals surface area contributed by atoms with E-state index in [0.29, 0.717) is 22.6 Å². The Morgan fingerprint density at radius 2 is 2.00 bits per heavy atom. The van der Waals surface area contributed by atoms with Gasteiger partial charge in [0.15, 0.2) is 6.29 Å². The first-order valence-electron chi connectivity index (χ1n) is 5.47. The van der Waals surface area contributed by atoms with Gasteiger partial charge in [0.25, 0.3) is 0 Å². The van der Waals surface area contributed by atoms with Crippen LogP contribution in [0.2, 0.25) is 0 Å². The van der Waals surface area contributed by atoms with Gasteiger partial charge in [-0.3, -0.25) is 9.20 Å². The zero-order valence-electron chi connectivity index (χ0n) is 9.38. The normalized spacial score (nSPS) is 10.7. The molecular weight excluding hydrogens is 231 g/mol. The van der Waals surface area contributed by atoms with Gasteiger partial charge in [-0.2, -0.15) is 0 Å². The number of halogens is 1. The molecule has 88 valence electrons. The second kappa shape index (κ2) is 4.07. The molecule has 0 fully saturated rings. The molecule has 18 heavy (non-hydrogen) atoms. The molecule has 3 rings (SSSR count). The minimum atomic E-state index is -0.305. The Hall–Kier alpha value is -2.49. The van der Waals surface area contributed by atoms with E-state index >= 15 is 0 Å². The molecule has 1 aromatic carbocycles. The van der Waals surface area contributed by atoms with Crippen molar-refractivity contribution in [2.45, 2.75) is 0 Å². The molecule has 3 nitrogen and oxygen atoms in total. The third-order valence-corrected chi connectivity index (χ3v) is 2.76. The summed E-state index contributed by atoms with van der Waals surface area (Å²) in [7, 11) is 0. The highest BCUT2D eigenvalue weighted by Gasteiger charge is 2.07. The predicted octanol–water partition coefficient (Wildman–Crippen LogP) is 2.95. The summed E-state index contributed by atoms with van der Waals surface area (Å²) in [5, 5.41) is 0. The van der Waals surface area contributed by atoms with E-state index in [9.17, 15) is 9.18 Å². The highest BCUT2D eigenvalue weighted by atomic mass is 19.1. The van der Waals surface area contributed by atoms with Gasteiger partial charge in [-0.15, -0.1) is 0 Å². The van der Waals surface area contributed by atoms with Gasteiger partial charge in [0.05, 0.1) is 11.4 Å². The molecule has 0 saturated carbocycles. The van der Waals surface area contributed by atoms with Crippen LogP contribution in [0.15, 0.2) is 48.7 Å². The van der Waals surface area contributed by atoms with Gasteiger partial charge >= 0.3 is 0 Å². The molecule has 0 radical (unpaired) electrons. The zero-order chi connectivity index (χ0) is 12.5. The molecule has 0 bridgehead atoms. The molecule has 0 N–H and O–H groups in total. The second-order valence-corrected chi connectivity index (χ2v) is 3.93. The summed E-state index contributed by atoms with van der Waals surface area (Å²) in [6.07, 6.45) is 2.50. The Bertz CT molecular complexity index is 733. The lowest BCUT2D eigenvalue weighted by Crippen LogP contribution is -1.91. The van der Waals surface area contributed by atoms with Gasteiger partial charge in [-0.05, 0) is 24.3 Å². The number of nitrogens with zero attached hydrogens (tertiary/aromatic N) is 2. The number of benzene rings is 1. The first-order chi connectivity index (χ1) is 8.78. The summed E-state index contributed by atoms with van der Waals surface area (Å²) in [6, 6.07) is 11.5. The monoisotopic (exact) mass is 240 g/mol. The van der Waals surface area contributed by atoms with Crippen molar-refractivity contribution in [1.29, 1.82) is 0 Å². The van der Waals surface area contributed by atoms with Crippen molar-refractivity contribution < 1.29 is 9.18 Å². The maximum atomic E-state index is 13.2. The molecule has 0 unspecified atom stereocenters. The number of imidazole rings is 1. The zero-order valence-corrected chi connectivity index (χ0v) is 9.38. The standard InChI is InChI=1S/C14H9FN2O/c15-11-4-1-3-10(7-11)13-8-17-12(9-18)5-2-6-14(17)16-13/h1-9H. The van der Waals surface area contributed by atoms with Crippen LogP contribution in [0.25, 0.3) is 16.9 Å². The number of rotatable bonds is 2. The first-order valence-corrected chi connectivity index (χ1v) is 5.47. The highest BCUT2D eigenvalue weighted by Crippen LogP contribution is 2.20. The maximum absolute atomic E-state index is 13.2. The molecule has 2 aromatic heterocycles. The lowest BCUT2D eigenvalue weighted by Gasteiger charge is -1.95. The fourth-order valence-corrected chi connectivity index (χ4v) is 1.91. The van der Waals surface area contributed by atoms with E-state index < -0.39 is 0 Å². The summed E-state index contributed by atoms with van der Waals surface area (Å²) in [5.41, 5.74) is 2.51. The van der Waals surface area contributed by atoms with Crippen molar-refractivity contribution in [3.05, 3.63) is 60.2 Å². The average molecular weight is 240 g/mol. The number of aromatic nitrogens is 2. The van der Waals surface area contributed by atoms with Gasteiger partial charge in [0.1, 0.15) is 11.5 Å². The SMILES string of the molecule is O=Cc1cccc2nc(-c3cccc(F)c3)cn12. The number of hydrogen-bond donors (Lipinski definition) is 0. The minimum Gasteiger partial charge on any atom is -0.296 e. The van der Waals surface area contributed by atoms with Gasteiger partial charge < -0.3 is 0 Å². The van der Waals surface area contributed by atoms with Crippen molar-refractivity contribution >= 4 is 11.9 Å². The van der Waals surface area contributed by atoms with Crippen LogP contribution in [0, 0.1) is 5.82 Å². The summed E-state index contributed by atoms with van der Waals surface area (Å²) in [4.78, 5) is 15.3. The van der Waals surface area contributed by atoms with Crippen molar-refractivity contribution in [3.63, 3.8) is 0 Å². The lowest BCUT2D eigenvalue weighted by atomic mass is 10.2. The van der Waals surface area contributed by atoms with Crippen molar-refractivity contribution in [1.82, 2.24) is 9.38 Å². The first kappa shape index (κ1) is 10.7. The fraction of sp³-hybridized carbons (Fsp3) is 0. The molecule has 0 saturated heterocycles. The van der Waals surface area contributed by atoms with Crippen LogP contribution in [0.4, 0.5) is 4.39 Å². The van der Waals surface area contributed by atoms with Gasteiger partial charge in [-0.25, -0.2) is 9.37 Å². The maximum Gasteiger partial charge on any atom is 0.166 e. The largest absolute Gasteiger partial charge is 0.296 e.